The summed E-state index contributed by atoms with van der Waals surface area (Å²) in [5.41, 5.74) is 2.77. The Labute approximate surface area is 129 Å². The third-order valence-electron chi connectivity index (χ3n) is 3.73. The van der Waals surface area contributed by atoms with E-state index in [-0.39, 0.29) is 0 Å². The Kier molecular flexibility index (Phi) is 6.27. The van der Waals surface area contributed by atoms with E-state index in [0.717, 1.165) is 38.5 Å². The van der Waals surface area contributed by atoms with Crippen molar-refractivity contribution < 1.29 is 4.74 Å². The largest absolute Gasteiger partial charge is 0.492 e. The summed E-state index contributed by atoms with van der Waals surface area (Å²) in [6.07, 6.45) is 3.50. The topological polar surface area (TPSA) is 24.5 Å². The molecule has 1 heterocycles. The van der Waals surface area contributed by atoms with Gasteiger partial charge in [-0.15, -0.1) is 0 Å². The molecule has 0 atom stereocenters. The lowest BCUT2D eigenvalue weighted by molar-refractivity contribution is 0.217. The SMILES string of the molecule is CC1=CCCN(CCOc2ccc(CNC(C)C)cc2)C1. The van der Waals surface area contributed by atoms with E-state index in [0.29, 0.717) is 6.04 Å². The normalized spacial score (nSPS) is 16.1. The summed E-state index contributed by atoms with van der Waals surface area (Å²) >= 11 is 0. The van der Waals surface area contributed by atoms with Gasteiger partial charge in [-0.25, -0.2) is 0 Å². The molecule has 2 rings (SSSR count). The number of nitrogens with one attached hydrogen (secondary N) is 1. The van der Waals surface area contributed by atoms with Gasteiger partial charge < -0.3 is 10.1 Å². The summed E-state index contributed by atoms with van der Waals surface area (Å²) in [6.45, 7) is 11.4. The monoisotopic (exact) mass is 288 g/mol. The van der Waals surface area contributed by atoms with Crippen molar-refractivity contribution in [2.24, 2.45) is 0 Å². The van der Waals surface area contributed by atoms with Crippen LogP contribution in [0.5, 0.6) is 5.75 Å². The predicted octanol–water partition coefficient (Wildman–Crippen LogP) is 3.22. The van der Waals surface area contributed by atoms with Crippen LogP contribution in [0.4, 0.5) is 0 Å². The quantitative estimate of drug-likeness (QED) is 0.780. The Morgan fingerprint density at radius 3 is 2.67 bits per heavy atom. The predicted molar refractivity (Wildman–Crippen MR) is 88.7 cm³/mol. The molecule has 0 radical (unpaired) electrons. The van der Waals surface area contributed by atoms with Crippen molar-refractivity contribution >= 4 is 0 Å². The van der Waals surface area contributed by atoms with E-state index in [2.05, 4.69) is 61.3 Å². The smallest absolute Gasteiger partial charge is 0.119 e. The van der Waals surface area contributed by atoms with Gasteiger partial charge in [0, 0.05) is 32.2 Å². The molecule has 0 unspecified atom stereocenters. The van der Waals surface area contributed by atoms with E-state index in [1.54, 1.807) is 0 Å². The Hall–Kier alpha value is -1.32. The van der Waals surface area contributed by atoms with Gasteiger partial charge in [-0.2, -0.15) is 0 Å². The van der Waals surface area contributed by atoms with Crippen molar-refractivity contribution in [3.8, 4) is 5.75 Å². The zero-order valence-electron chi connectivity index (χ0n) is 13.6. The van der Waals surface area contributed by atoms with Gasteiger partial charge in [0.05, 0.1) is 0 Å². The summed E-state index contributed by atoms with van der Waals surface area (Å²) in [6, 6.07) is 8.93. The zero-order chi connectivity index (χ0) is 15.1. The molecule has 116 valence electrons. The van der Waals surface area contributed by atoms with Crippen LogP contribution in [-0.4, -0.2) is 37.2 Å². The van der Waals surface area contributed by atoms with Crippen LogP contribution in [0.25, 0.3) is 0 Å². The maximum absolute atomic E-state index is 5.84. The molecule has 0 saturated carbocycles. The van der Waals surface area contributed by atoms with Crippen molar-refractivity contribution in [3.05, 3.63) is 41.5 Å². The molecule has 0 aliphatic carbocycles. The molecule has 0 amide bonds. The average Bonchev–Trinajstić information content (AvgIpc) is 2.46. The van der Waals surface area contributed by atoms with E-state index >= 15 is 0 Å². The third-order valence-corrected chi connectivity index (χ3v) is 3.73. The van der Waals surface area contributed by atoms with Crippen LogP contribution in [0, 0.1) is 0 Å². The summed E-state index contributed by atoms with van der Waals surface area (Å²) < 4.78 is 5.84. The zero-order valence-corrected chi connectivity index (χ0v) is 13.6. The first kappa shape index (κ1) is 16.1. The van der Waals surface area contributed by atoms with Crippen LogP contribution >= 0.6 is 0 Å². The number of nitrogens with zero attached hydrogens (tertiary/aromatic N) is 1. The highest BCUT2D eigenvalue weighted by molar-refractivity contribution is 5.27. The lowest BCUT2D eigenvalue weighted by Gasteiger charge is -2.25. The van der Waals surface area contributed by atoms with Crippen LogP contribution in [0.2, 0.25) is 0 Å². The molecular formula is C18H28N2O. The molecule has 1 aromatic carbocycles. The summed E-state index contributed by atoms with van der Waals surface area (Å²) in [7, 11) is 0. The lowest BCUT2D eigenvalue weighted by atomic mass is 10.1. The highest BCUT2D eigenvalue weighted by Gasteiger charge is 2.09. The van der Waals surface area contributed by atoms with E-state index in [1.165, 1.54) is 17.6 Å². The number of hydrogen-bond acceptors (Lipinski definition) is 3. The van der Waals surface area contributed by atoms with Gasteiger partial charge in [0.15, 0.2) is 0 Å². The Morgan fingerprint density at radius 2 is 2.00 bits per heavy atom. The van der Waals surface area contributed by atoms with Crippen molar-refractivity contribution in [2.75, 3.05) is 26.2 Å². The van der Waals surface area contributed by atoms with Crippen LogP contribution in [0.3, 0.4) is 0 Å². The molecule has 0 spiro atoms. The van der Waals surface area contributed by atoms with Crippen molar-refractivity contribution in [1.82, 2.24) is 10.2 Å². The minimum absolute atomic E-state index is 0.517. The van der Waals surface area contributed by atoms with Gasteiger partial charge in [0.25, 0.3) is 0 Å². The number of ether oxygens (including phenoxy) is 1. The fourth-order valence-electron chi connectivity index (χ4n) is 2.50. The molecule has 3 nitrogen and oxygen atoms in total. The number of benzene rings is 1. The molecule has 0 fully saturated rings. The van der Waals surface area contributed by atoms with Crippen LogP contribution in [0.1, 0.15) is 32.8 Å². The summed E-state index contributed by atoms with van der Waals surface area (Å²) in [4.78, 5) is 2.45. The van der Waals surface area contributed by atoms with E-state index in [1.807, 2.05) is 0 Å². The number of hydrogen-bond donors (Lipinski definition) is 1. The van der Waals surface area contributed by atoms with E-state index in [4.69, 9.17) is 4.74 Å². The Morgan fingerprint density at radius 1 is 1.24 bits per heavy atom. The van der Waals surface area contributed by atoms with Crippen LogP contribution < -0.4 is 10.1 Å². The molecule has 1 aliphatic heterocycles. The summed E-state index contributed by atoms with van der Waals surface area (Å²) in [5.74, 6) is 0.965. The molecule has 21 heavy (non-hydrogen) atoms. The minimum Gasteiger partial charge on any atom is -0.492 e. The standard InChI is InChI=1S/C18H28N2O/c1-15(2)19-13-17-6-8-18(9-7-17)21-12-11-20-10-4-5-16(3)14-20/h5-9,15,19H,4,10-14H2,1-3H3. The van der Waals surface area contributed by atoms with Crippen molar-refractivity contribution in [3.63, 3.8) is 0 Å². The first-order valence-corrected chi connectivity index (χ1v) is 7.96. The Bertz CT molecular complexity index is 451. The second-order valence-electron chi connectivity index (χ2n) is 6.14. The molecular weight excluding hydrogens is 260 g/mol. The van der Waals surface area contributed by atoms with Crippen molar-refractivity contribution in [1.29, 1.82) is 0 Å². The maximum Gasteiger partial charge on any atom is 0.119 e. The summed E-state index contributed by atoms with van der Waals surface area (Å²) in [5, 5.41) is 3.42. The van der Waals surface area contributed by atoms with E-state index in [9.17, 15) is 0 Å². The van der Waals surface area contributed by atoms with Gasteiger partial charge in [-0.3, -0.25) is 4.90 Å². The second-order valence-corrected chi connectivity index (χ2v) is 6.14. The first-order valence-electron chi connectivity index (χ1n) is 7.96. The highest BCUT2D eigenvalue weighted by atomic mass is 16.5. The second kappa shape index (κ2) is 8.20. The average molecular weight is 288 g/mol. The maximum atomic E-state index is 5.84. The molecule has 0 bridgehead atoms. The first-order chi connectivity index (χ1) is 10.1. The fraction of sp³-hybridized carbons (Fsp3) is 0.556. The van der Waals surface area contributed by atoms with Crippen molar-refractivity contribution in [2.45, 2.75) is 39.8 Å². The van der Waals surface area contributed by atoms with Gasteiger partial charge in [0.1, 0.15) is 12.4 Å². The fourth-order valence-corrected chi connectivity index (χ4v) is 2.50. The third kappa shape index (κ3) is 5.90. The molecule has 3 heteroatoms. The van der Waals surface area contributed by atoms with Crippen LogP contribution in [-0.2, 0) is 6.54 Å². The van der Waals surface area contributed by atoms with Gasteiger partial charge in [-0.05, 0) is 31.0 Å². The molecule has 1 aromatic rings. The van der Waals surface area contributed by atoms with Gasteiger partial charge >= 0.3 is 0 Å². The van der Waals surface area contributed by atoms with Gasteiger partial charge in [0.2, 0.25) is 0 Å². The Balaban J connectivity index is 1.70. The van der Waals surface area contributed by atoms with Crippen LogP contribution in [0.15, 0.2) is 35.9 Å². The minimum atomic E-state index is 0.517. The molecule has 0 saturated heterocycles. The molecule has 1 aliphatic rings. The molecule has 0 aromatic heterocycles. The van der Waals surface area contributed by atoms with E-state index < -0.39 is 0 Å². The lowest BCUT2D eigenvalue weighted by Crippen LogP contribution is -2.33. The molecule has 1 N–H and O–H groups in total. The highest BCUT2D eigenvalue weighted by Crippen LogP contribution is 2.13. The van der Waals surface area contributed by atoms with Gasteiger partial charge in [-0.1, -0.05) is 37.6 Å². The number of rotatable bonds is 7.